The molecule has 0 aromatic heterocycles. The van der Waals surface area contributed by atoms with Crippen molar-refractivity contribution in [1.82, 2.24) is 0 Å². The zero-order chi connectivity index (χ0) is 8.27. The first-order chi connectivity index (χ1) is 5.25. The maximum Gasteiger partial charge on any atom is 0.311 e. The van der Waals surface area contributed by atoms with E-state index < -0.39 is 6.10 Å². The van der Waals surface area contributed by atoms with Gasteiger partial charge in [-0.15, -0.1) is 0 Å². The normalized spacial score (nSPS) is 31.5. The third kappa shape index (κ3) is 2.10. The van der Waals surface area contributed by atoms with Gasteiger partial charge in [-0.25, -0.2) is 0 Å². The topological polar surface area (TPSA) is 46.5 Å². The summed E-state index contributed by atoms with van der Waals surface area (Å²) in [5.41, 5.74) is 0. The van der Waals surface area contributed by atoms with Crippen molar-refractivity contribution in [1.29, 1.82) is 0 Å². The predicted molar refractivity (Wildman–Crippen MR) is 43.5 cm³/mol. The van der Waals surface area contributed by atoms with Crippen LogP contribution >= 0.6 is 11.8 Å². The molecule has 0 aliphatic carbocycles. The van der Waals surface area contributed by atoms with Crippen LogP contribution in [0.2, 0.25) is 0 Å². The van der Waals surface area contributed by atoms with Crippen molar-refractivity contribution in [2.75, 3.05) is 18.6 Å². The van der Waals surface area contributed by atoms with Gasteiger partial charge < -0.3 is 9.84 Å². The minimum Gasteiger partial charge on any atom is -0.469 e. The van der Waals surface area contributed by atoms with E-state index in [9.17, 15) is 9.90 Å². The van der Waals surface area contributed by atoms with Gasteiger partial charge in [-0.1, -0.05) is 0 Å². The summed E-state index contributed by atoms with van der Waals surface area (Å²) >= 11 is 1.68. The van der Waals surface area contributed by atoms with Crippen LogP contribution in [0.1, 0.15) is 6.42 Å². The lowest BCUT2D eigenvalue weighted by Crippen LogP contribution is -2.34. The summed E-state index contributed by atoms with van der Waals surface area (Å²) in [5.74, 6) is 1.02. The smallest absolute Gasteiger partial charge is 0.311 e. The number of methoxy groups -OCH3 is 1. The second-order valence-electron chi connectivity index (χ2n) is 2.56. The number of carbonyl (C=O) groups excluding carboxylic acids is 1. The van der Waals surface area contributed by atoms with E-state index in [1.165, 1.54) is 7.11 Å². The summed E-state index contributed by atoms with van der Waals surface area (Å²) in [6.07, 6.45) is 0.222. The zero-order valence-electron chi connectivity index (χ0n) is 6.45. The molecule has 0 bridgehead atoms. The van der Waals surface area contributed by atoms with Gasteiger partial charge in [0.15, 0.2) is 0 Å². The van der Waals surface area contributed by atoms with Gasteiger partial charge in [0, 0.05) is 5.75 Å². The molecule has 1 N–H and O–H groups in total. The minimum absolute atomic E-state index is 0.280. The first-order valence-electron chi connectivity index (χ1n) is 3.59. The van der Waals surface area contributed by atoms with Crippen molar-refractivity contribution in [2.24, 2.45) is 5.92 Å². The zero-order valence-corrected chi connectivity index (χ0v) is 7.26. The molecule has 1 aliphatic heterocycles. The first-order valence-corrected chi connectivity index (χ1v) is 4.75. The number of hydrogen-bond donors (Lipinski definition) is 1. The van der Waals surface area contributed by atoms with Crippen molar-refractivity contribution in [2.45, 2.75) is 12.5 Å². The summed E-state index contributed by atoms with van der Waals surface area (Å²) in [5, 5.41) is 9.35. The number of ether oxygens (including phenoxy) is 1. The SMILES string of the molecule is COC(=O)[C@H]1CCSC[C@@H]1O. The fourth-order valence-electron chi connectivity index (χ4n) is 1.15. The summed E-state index contributed by atoms with van der Waals surface area (Å²) < 4.78 is 4.55. The van der Waals surface area contributed by atoms with Crippen LogP contribution in [0, 0.1) is 5.92 Å². The molecule has 2 atom stereocenters. The van der Waals surface area contributed by atoms with E-state index in [4.69, 9.17) is 0 Å². The first kappa shape index (κ1) is 8.87. The van der Waals surface area contributed by atoms with E-state index in [-0.39, 0.29) is 11.9 Å². The number of hydrogen-bond acceptors (Lipinski definition) is 4. The van der Waals surface area contributed by atoms with Crippen LogP contribution in [0.15, 0.2) is 0 Å². The van der Waals surface area contributed by atoms with Crippen LogP contribution in [-0.2, 0) is 9.53 Å². The highest BCUT2D eigenvalue weighted by Crippen LogP contribution is 2.23. The number of rotatable bonds is 1. The molecule has 64 valence electrons. The Hall–Kier alpha value is -0.220. The Bertz CT molecular complexity index is 149. The third-order valence-corrected chi connectivity index (χ3v) is 2.93. The lowest BCUT2D eigenvalue weighted by Gasteiger charge is -2.24. The van der Waals surface area contributed by atoms with Crippen molar-refractivity contribution in [3.8, 4) is 0 Å². The molecule has 1 saturated heterocycles. The Morgan fingerprint density at radius 1 is 1.73 bits per heavy atom. The fourth-order valence-corrected chi connectivity index (χ4v) is 2.21. The number of aliphatic hydroxyl groups is 1. The second-order valence-corrected chi connectivity index (χ2v) is 3.71. The maximum atomic E-state index is 11.0. The molecule has 1 aliphatic rings. The Kier molecular flexibility index (Phi) is 3.20. The lowest BCUT2D eigenvalue weighted by molar-refractivity contribution is -0.149. The number of esters is 1. The van der Waals surface area contributed by atoms with Crippen LogP contribution in [0.5, 0.6) is 0 Å². The summed E-state index contributed by atoms with van der Waals surface area (Å²) in [4.78, 5) is 11.0. The minimum atomic E-state index is -0.513. The van der Waals surface area contributed by atoms with Crippen LogP contribution < -0.4 is 0 Å². The number of thioether (sulfide) groups is 1. The van der Waals surface area contributed by atoms with E-state index in [0.29, 0.717) is 5.75 Å². The molecule has 3 nitrogen and oxygen atoms in total. The molecule has 0 amide bonds. The van der Waals surface area contributed by atoms with Crippen LogP contribution in [0.4, 0.5) is 0 Å². The van der Waals surface area contributed by atoms with Crippen molar-refractivity contribution in [3.05, 3.63) is 0 Å². The maximum absolute atomic E-state index is 11.0. The second kappa shape index (κ2) is 3.97. The highest BCUT2D eigenvalue weighted by molar-refractivity contribution is 7.99. The van der Waals surface area contributed by atoms with E-state index in [0.717, 1.165) is 12.2 Å². The molecular weight excluding hydrogens is 164 g/mol. The average Bonchev–Trinajstić information content (AvgIpc) is 2.04. The number of aliphatic hydroxyl groups excluding tert-OH is 1. The highest BCUT2D eigenvalue weighted by atomic mass is 32.2. The molecular formula is C7H12O3S. The predicted octanol–water partition coefficient (Wildman–Crippen LogP) is 0.273. The van der Waals surface area contributed by atoms with Gasteiger partial charge in [-0.3, -0.25) is 4.79 Å². The molecule has 11 heavy (non-hydrogen) atoms. The van der Waals surface area contributed by atoms with E-state index in [1.54, 1.807) is 11.8 Å². The van der Waals surface area contributed by atoms with Gasteiger partial charge in [-0.05, 0) is 12.2 Å². The van der Waals surface area contributed by atoms with Gasteiger partial charge in [-0.2, -0.15) is 11.8 Å². The summed E-state index contributed by atoms with van der Waals surface area (Å²) in [6, 6.07) is 0. The number of carbonyl (C=O) groups is 1. The monoisotopic (exact) mass is 176 g/mol. The Morgan fingerprint density at radius 3 is 3.00 bits per heavy atom. The van der Waals surface area contributed by atoms with Gasteiger partial charge in [0.2, 0.25) is 0 Å². The molecule has 1 rings (SSSR count). The average molecular weight is 176 g/mol. The fraction of sp³-hybridized carbons (Fsp3) is 0.857. The molecule has 1 heterocycles. The van der Waals surface area contributed by atoms with Gasteiger partial charge in [0.25, 0.3) is 0 Å². The molecule has 4 heteroatoms. The molecule has 0 aromatic carbocycles. The van der Waals surface area contributed by atoms with Crippen molar-refractivity contribution in [3.63, 3.8) is 0 Å². The van der Waals surface area contributed by atoms with Gasteiger partial charge >= 0.3 is 5.97 Å². The Balaban J connectivity index is 2.47. The van der Waals surface area contributed by atoms with E-state index in [1.807, 2.05) is 0 Å². The van der Waals surface area contributed by atoms with E-state index in [2.05, 4.69) is 4.74 Å². The molecule has 0 spiro atoms. The van der Waals surface area contributed by atoms with Gasteiger partial charge in [0.1, 0.15) is 0 Å². The van der Waals surface area contributed by atoms with Gasteiger partial charge in [0.05, 0.1) is 19.1 Å². The molecule has 0 aromatic rings. The molecule has 0 saturated carbocycles. The van der Waals surface area contributed by atoms with Crippen molar-refractivity contribution < 1.29 is 14.6 Å². The lowest BCUT2D eigenvalue weighted by atomic mass is 10.0. The van der Waals surface area contributed by atoms with E-state index >= 15 is 0 Å². The van der Waals surface area contributed by atoms with Crippen LogP contribution in [-0.4, -0.2) is 35.8 Å². The Morgan fingerprint density at radius 2 is 2.45 bits per heavy atom. The quantitative estimate of drug-likeness (QED) is 0.583. The molecule has 0 radical (unpaired) electrons. The molecule has 1 fully saturated rings. The highest BCUT2D eigenvalue weighted by Gasteiger charge is 2.30. The summed E-state index contributed by atoms with van der Waals surface area (Å²) in [7, 11) is 1.36. The third-order valence-electron chi connectivity index (χ3n) is 1.83. The molecule has 0 unspecified atom stereocenters. The van der Waals surface area contributed by atoms with Crippen molar-refractivity contribution >= 4 is 17.7 Å². The van der Waals surface area contributed by atoms with Crippen LogP contribution in [0.25, 0.3) is 0 Å². The Labute approximate surface area is 70.1 Å². The van der Waals surface area contributed by atoms with Crippen LogP contribution in [0.3, 0.4) is 0 Å². The standard InChI is InChI=1S/C7H12O3S/c1-10-7(9)5-2-3-11-4-6(5)8/h5-6,8H,2-4H2,1H3/t5-,6-/m0/s1. The largest absolute Gasteiger partial charge is 0.469 e. The summed E-state index contributed by atoms with van der Waals surface area (Å²) in [6.45, 7) is 0.